The lowest BCUT2D eigenvalue weighted by atomic mass is 10.2. The van der Waals surface area contributed by atoms with Crippen LogP contribution in [0.5, 0.6) is 0 Å². The van der Waals surface area contributed by atoms with Crippen molar-refractivity contribution in [3.8, 4) is 6.07 Å². The van der Waals surface area contributed by atoms with Crippen molar-refractivity contribution in [2.24, 2.45) is 0 Å². The number of nitro groups is 1. The second-order valence-corrected chi connectivity index (χ2v) is 3.58. The zero-order chi connectivity index (χ0) is 12.1. The van der Waals surface area contributed by atoms with Crippen LogP contribution < -0.4 is 0 Å². The van der Waals surface area contributed by atoms with E-state index in [1.165, 1.54) is 4.68 Å². The van der Waals surface area contributed by atoms with Gasteiger partial charge in [0.2, 0.25) is 5.15 Å². The molecule has 1 aromatic heterocycles. The van der Waals surface area contributed by atoms with Crippen molar-refractivity contribution in [2.45, 2.75) is 32.7 Å². The van der Waals surface area contributed by atoms with Crippen LogP contribution in [0.2, 0.25) is 5.15 Å². The minimum Gasteiger partial charge on any atom is -0.258 e. The smallest absolute Gasteiger partial charge is 0.258 e. The molecule has 1 heterocycles. The monoisotopic (exact) mass is 242 g/mol. The second-order valence-electron chi connectivity index (χ2n) is 3.22. The van der Waals surface area contributed by atoms with E-state index in [4.69, 9.17) is 16.9 Å². The van der Waals surface area contributed by atoms with Crippen LogP contribution in [0.25, 0.3) is 0 Å². The van der Waals surface area contributed by atoms with Crippen LogP contribution >= 0.6 is 11.6 Å². The summed E-state index contributed by atoms with van der Waals surface area (Å²) < 4.78 is 1.31. The molecule has 0 bridgehead atoms. The molecule has 0 aromatic carbocycles. The topological polar surface area (TPSA) is 84.8 Å². The van der Waals surface area contributed by atoms with Crippen LogP contribution in [0.1, 0.15) is 25.5 Å². The van der Waals surface area contributed by atoms with Gasteiger partial charge < -0.3 is 0 Å². The Bertz CT molecular complexity index is 435. The van der Waals surface area contributed by atoms with E-state index in [9.17, 15) is 10.1 Å². The highest BCUT2D eigenvalue weighted by molar-refractivity contribution is 6.31. The van der Waals surface area contributed by atoms with Crippen LogP contribution in [-0.4, -0.2) is 14.7 Å². The zero-order valence-electron chi connectivity index (χ0n) is 8.81. The van der Waals surface area contributed by atoms with Gasteiger partial charge in [-0.3, -0.25) is 10.1 Å². The summed E-state index contributed by atoms with van der Waals surface area (Å²) in [6.07, 6.45) is 1.49. The van der Waals surface area contributed by atoms with Gasteiger partial charge in [0, 0.05) is 0 Å². The first-order chi connectivity index (χ1) is 7.61. The van der Waals surface area contributed by atoms with Crippen LogP contribution in [0, 0.1) is 21.4 Å². The first kappa shape index (κ1) is 12.5. The van der Waals surface area contributed by atoms with Crippen molar-refractivity contribution in [3.05, 3.63) is 21.0 Å². The summed E-state index contributed by atoms with van der Waals surface area (Å²) in [6.45, 7) is 2.19. The Labute approximate surface area is 97.6 Å². The molecule has 0 radical (unpaired) electrons. The van der Waals surface area contributed by atoms with Crippen LogP contribution in [0.3, 0.4) is 0 Å². The molecule has 0 atom stereocenters. The van der Waals surface area contributed by atoms with Gasteiger partial charge in [0.25, 0.3) is 0 Å². The normalized spacial score (nSPS) is 10.1. The lowest BCUT2D eigenvalue weighted by Crippen LogP contribution is -2.00. The largest absolute Gasteiger partial charge is 0.329 e. The Morgan fingerprint density at radius 1 is 1.69 bits per heavy atom. The minimum atomic E-state index is -0.525. The molecule has 0 spiro atoms. The van der Waals surface area contributed by atoms with Gasteiger partial charge in [0.15, 0.2) is 0 Å². The third-order valence-corrected chi connectivity index (χ3v) is 2.42. The van der Waals surface area contributed by atoms with Gasteiger partial charge in [-0.15, -0.1) is 0 Å². The highest BCUT2D eigenvalue weighted by Gasteiger charge is 2.25. The number of nitriles is 1. The fraction of sp³-hybridized carbons (Fsp3) is 0.556. The molecular formula is C9H11ClN4O2. The SMILES string of the molecule is CCCc1nn(CCC#N)c(Cl)c1[N+](=O)[O-]. The molecule has 1 rings (SSSR count). The van der Waals surface area contributed by atoms with Gasteiger partial charge in [-0.05, 0) is 6.42 Å². The summed E-state index contributed by atoms with van der Waals surface area (Å²) in [4.78, 5) is 10.3. The molecule has 0 aliphatic rings. The van der Waals surface area contributed by atoms with Crippen LogP contribution in [-0.2, 0) is 13.0 Å². The number of halogens is 1. The lowest BCUT2D eigenvalue weighted by Gasteiger charge is -1.95. The summed E-state index contributed by atoms with van der Waals surface area (Å²) in [5.74, 6) is 0. The van der Waals surface area contributed by atoms with E-state index >= 15 is 0 Å². The minimum absolute atomic E-state index is 0.00343. The summed E-state index contributed by atoms with van der Waals surface area (Å²) in [5, 5.41) is 23.3. The maximum atomic E-state index is 10.8. The molecule has 0 amide bonds. The molecule has 1 aromatic rings. The van der Waals surface area contributed by atoms with Crippen LogP contribution in [0.15, 0.2) is 0 Å². The number of rotatable bonds is 5. The van der Waals surface area contributed by atoms with Crippen molar-refractivity contribution in [1.29, 1.82) is 5.26 Å². The average Bonchev–Trinajstić information content (AvgIpc) is 2.53. The van der Waals surface area contributed by atoms with E-state index in [0.717, 1.165) is 6.42 Å². The van der Waals surface area contributed by atoms with Gasteiger partial charge >= 0.3 is 5.69 Å². The number of aromatic nitrogens is 2. The van der Waals surface area contributed by atoms with E-state index in [2.05, 4.69) is 5.10 Å². The maximum absolute atomic E-state index is 10.8. The Balaban J connectivity index is 3.09. The average molecular weight is 243 g/mol. The number of hydrogen-bond acceptors (Lipinski definition) is 4. The van der Waals surface area contributed by atoms with Crippen molar-refractivity contribution in [2.75, 3.05) is 0 Å². The van der Waals surface area contributed by atoms with Gasteiger partial charge in [-0.1, -0.05) is 24.9 Å². The van der Waals surface area contributed by atoms with Crippen LogP contribution in [0.4, 0.5) is 5.69 Å². The Morgan fingerprint density at radius 2 is 2.38 bits per heavy atom. The zero-order valence-corrected chi connectivity index (χ0v) is 9.57. The summed E-state index contributed by atoms with van der Waals surface area (Å²) >= 11 is 5.85. The second kappa shape index (κ2) is 5.47. The molecule has 16 heavy (non-hydrogen) atoms. The highest BCUT2D eigenvalue weighted by Crippen LogP contribution is 2.29. The quantitative estimate of drug-likeness (QED) is 0.586. The Hall–Kier alpha value is -1.61. The summed E-state index contributed by atoms with van der Waals surface area (Å²) in [5.41, 5.74) is 0.247. The molecule has 0 fully saturated rings. The molecular weight excluding hydrogens is 232 g/mol. The summed E-state index contributed by atoms with van der Waals surface area (Å²) in [6, 6.07) is 1.94. The van der Waals surface area contributed by atoms with Gasteiger partial charge in [-0.2, -0.15) is 10.4 Å². The molecule has 0 unspecified atom stereocenters. The molecule has 7 heteroatoms. The van der Waals surface area contributed by atoms with Gasteiger partial charge in [-0.25, -0.2) is 4.68 Å². The fourth-order valence-electron chi connectivity index (χ4n) is 1.37. The molecule has 0 saturated carbocycles. The molecule has 6 nitrogen and oxygen atoms in total. The first-order valence-corrected chi connectivity index (χ1v) is 5.26. The predicted molar refractivity (Wildman–Crippen MR) is 58.1 cm³/mol. The third-order valence-electron chi connectivity index (χ3n) is 2.04. The molecule has 0 N–H and O–H groups in total. The fourth-order valence-corrected chi connectivity index (χ4v) is 1.67. The van der Waals surface area contributed by atoms with Crippen molar-refractivity contribution in [3.63, 3.8) is 0 Å². The first-order valence-electron chi connectivity index (χ1n) is 4.88. The molecule has 0 aliphatic carbocycles. The van der Waals surface area contributed by atoms with E-state index in [-0.39, 0.29) is 23.8 Å². The maximum Gasteiger partial charge on any atom is 0.329 e. The van der Waals surface area contributed by atoms with Crippen molar-refractivity contribution >= 4 is 17.3 Å². The number of aryl methyl sites for hydroxylation is 2. The molecule has 0 saturated heterocycles. The van der Waals surface area contributed by atoms with E-state index in [1.54, 1.807) is 0 Å². The predicted octanol–water partition coefficient (Wildman–Crippen LogP) is 2.31. The van der Waals surface area contributed by atoms with E-state index in [1.807, 2.05) is 13.0 Å². The van der Waals surface area contributed by atoms with E-state index in [0.29, 0.717) is 12.1 Å². The number of nitrogens with zero attached hydrogens (tertiary/aromatic N) is 4. The summed E-state index contributed by atoms with van der Waals surface area (Å²) in [7, 11) is 0. The Kier molecular flexibility index (Phi) is 4.26. The van der Waals surface area contributed by atoms with Gasteiger partial charge in [0.1, 0.15) is 5.69 Å². The van der Waals surface area contributed by atoms with Gasteiger partial charge in [0.05, 0.1) is 24.0 Å². The number of hydrogen-bond donors (Lipinski definition) is 0. The standard InChI is InChI=1S/C9H11ClN4O2/c1-2-4-7-8(14(15)16)9(10)13(12-7)6-3-5-11/h2-4,6H2,1H3. The Morgan fingerprint density at radius 3 is 2.88 bits per heavy atom. The van der Waals surface area contributed by atoms with E-state index < -0.39 is 4.92 Å². The van der Waals surface area contributed by atoms with Crippen molar-refractivity contribution < 1.29 is 4.92 Å². The van der Waals surface area contributed by atoms with Crippen molar-refractivity contribution in [1.82, 2.24) is 9.78 Å². The molecule has 86 valence electrons. The highest BCUT2D eigenvalue weighted by atomic mass is 35.5. The third kappa shape index (κ3) is 2.49. The molecule has 0 aliphatic heterocycles. The lowest BCUT2D eigenvalue weighted by molar-refractivity contribution is -0.385.